The fraction of sp³-hybridized carbons (Fsp3) is 0.357. The summed E-state index contributed by atoms with van der Waals surface area (Å²) in [7, 11) is 0. The Hall–Kier alpha value is -2.57. The van der Waals surface area contributed by atoms with Crippen molar-refractivity contribution in [1.29, 1.82) is 0 Å². The number of fused-ring (bicyclic) bond motifs is 1. The lowest BCUT2D eigenvalue weighted by atomic mass is 10.0. The highest BCUT2D eigenvalue weighted by atomic mass is 15.2. The van der Waals surface area contributed by atoms with Gasteiger partial charge in [-0.15, -0.1) is 0 Å². The predicted octanol–water partition coefficient (Wildman–Crippen LogP) is 1.45. The van der Waals surface area contributed by atoms with Crippen molar-refractivity contribution in [3.05, 3.63) is 36.2 Å². The Kier molecular flexibility index (Phi) is 2.77. The van der Waals surface area contributed by atoms with Gasteiger partial charge in [-0.3, -0.25) is 5.10 Å². The summed E-state index contributed by atoms with van der Waals surface area (Å²) in [6, 6.07) is 2.02. The number of hydrogen-bond donors (Lipinski definition) is 1. The number of nitrogens with zero attached hydrogens (tertiary/aromatic N) is 6. The minimum Gasteiger partial charge on any atom is -0.356 e. The van der Waals surface area contributed by atoms with E-state index in [0.29, 0.717) is 11.6 Å². The molecule has 1 N–H and O–H groups in total. The SMILES string of the molecule is Cc1cc(N2CC[C@H](c3[nH]nc4nccnc34)C2)ncn1. The van der Waals surface area contributed by atoms with Crippen molar-refractivity contribution in [1.82, 2.24) is 30.1 Å². The number of H-pyrrole nitrogens is 1. The van der Waals surface area contributed by atoms with E-state index in [0.717, 1.165) is 42.2 Å². The first-order chi connectivity index (χ1) is 10.3. The van der Waals surface area contributed by atoms with Crippen LogP contribution in [0.4, 0.5) is 5.82 Å². The molecule has 1 fully saturated rings. The van der Waals surface area contributed by atoms with Crippen LogP contribution in [0.15, 0.2) is 24.8 Å². The van der Waals surface area contributed by atoms with Gasteiger partial charge in [0.2, 0.25) is 0 Å². The molecule has 0 bridgehead atoms. The molecule has 0 unspecified atom stereocenters. The normalized spacial score (nSPS) is 18.5. The molecule has 1 aliphatic rings. The van der Waals surface area contributed by atoms with Crippen LogP contribution in [0.3, 0.4) is 0 Å². The van der Waals surface area contributed by atoms with E-state index < -0.39 is 0 Å². The van der Waals surface area contributed by atoms with Gasteiger partial charge in [0.05, 0.1) is 5.69 Å². The van der Waals surface area contributed by atoms with E-state index in [1.807, 2.05) is 13.0 Å². The molecule has 0 saturated carbocycles. The summed E-state index contributed by atoms with van der Waals surface area (Å²) in [4.78, 5) is 19.4. The molecule has 7 heteroatoms. The molecule has 0 spiro atoms. The maximum atomic E-state index is 4.40. The standard InChI is InChI=1S/C14H15N7/c1-9-6-11(18-8-17-9)21-5-2-10(7-21)12-13-14(20-19-12)16-4-3-15-13/h3-4,6,8,10H,2,5,7H2,1H3,(H,16,19,20)/t10-/m0/s1. The van der Waals surface area contributed by atoms with E-state index in [1.54, 1.807) is 18.7 Å². The highest BCUT2D eigenvalue weighted by Gasteiger charge is 2.28. The summed E-state index contributed by atoms with van der Waals surface area (Å²) in [5.74, 6) is 1.36. The summed E-state index contributed by atoms with van der Waals surface area (Å²) < 4.78 is 0. The van der Waals surface area contributed by atoms with Crippen LogP contribution in [-0.2, 0) is 0 Å². The van der Waals surface area contributed by atoms with E-state index in [2.05, 4.69) is 35.0 Å². The second-order valence-electron chi connectivity index (χ2n) is 5.32. The molecule has 0 radical (unpaired) electrons. The Bertz CT molecular complexity index is 782. The molecule has 0 aromatic carbocycles. The van der Waals surface area contributed by atoms with Crippen molar-refractivity contribution in [3.63, 3.8) is 0 Å². The molecule has 0 aliphatic carbocycles. The summed E-state index contributed by atoms with van der Waals surface area (Å²) >= 11 is 0. The van der Waals surface area contributed by atoms with Gasteiger partial charge in [0.1, 0.15) is 17.7 Å². The smallest absolute Gasteiger partial charge is 0.199 e. The molecule has 1 atom stereocenters. The Morgan fingerprint density at radius 3 is 3.00 bits per heavy atom. The quantitative estimate of drug-likeness (QED) is 0.765. The lowest BCUT2D eigenvalue weighted by Gasteiger charge is -2.17. The molecule has 21 heavy (non-hydrogen) atoms. The van der Waals surface area contributed by atoms with Gasteiger partial charge in [-0.05, 0) is 13.3 Å². The van der Waals surface area contributed by atoms with Crippen molar-refractivity contribution in [3.8, 4) is 0 Å². The van der Waals surface area contributed by atoms with Gasteiger partial charge in [-0.25, -0.2) is 19.9 Å². The first kappa shape index (κ1) is 12.2. The number of nitrogens with one attached hydrogen (secondary N) is 1. The maximum Gasteiger partial charge on any atom is 0.199 e. The van der Waals surface area contributed by atoms with Gasteiger partial charge in [-0.1, -0.05) is 0 Å². The van der Waals surface area contributed by atoms with Gasteiger partial charge < -0.3 is 4.90 Å². The van der Waals surface area contributed by atoms with Crippen LogP contribution in [0.1, 0.15) is 23.7 Å². The van der Waals surface area contributed by atoms with Crippen LogP contribution in [0.25, 0.3) is 11.2 Å². The largest absolute Gasteiger partial charge is 0.356 e. The highest BCUT2D eigenvalue weighted by Crippen LogP contribution is 2.31. The molecular weight excluding hydrogens is 266 g/mol. The van der Waals surface area contributed by atoms with Crippen molar-refractivity contribution in [2.24, 2.45) is 0 Å². The third kappa shape index (κ3) is 2.10. The van der Waals surface area contributed by atoms with Gasteiger partial charge in [0, 0.05) is 43.2 Å². The van der Waals surface area contributed by atoms with Crippen LogP contribution >= 0.6 is 0 Å². The van der Waals surface area contributed by atoms with E-state index in [9.17, 15) is 0 Å². The Labute approximate surface area is 121 Å². The third-order valence-corrected chi connectivity index (χ3v) is 3.93. The third-order valence-electron chi connectivity index (χ3n) is 3.93. The maximum absolute atomic E-state index is 4.40. The minimum atomic E-state index is 0.377. The number of rotatable bonds is 2. The predicted molar refractivity (Wildman–Crippen MR) is 78.0 cm³/mol. The molecule has 0 amide bonds. The summed E-state index contributed by atoms with van der Waals surface area (Å²) in [6.07, 6.45) is 6.05. The fourth-order valence-electron chi connectivity index (χ4n) is 2.87. The molecule has 1 saturated heterocycles. The Balaban J connectivity index is 1.61. The molecule has 7 nitrogen and oxygen atoms in total. The summed E-state index contributed by atoms with van der Waals surface area (Å²) in [5.41, 5.74) is 3.62. The van der Waals surface area contributed by atoms with Crippen molar-refractivity contribution < 1.29 is 0 Å². The molecule has 4 heterocycles. The number of aromatic amines is 1. The number of anilines is 1. The van der Waals surface area contributed by atoms with Crippen molar-refractivity contribution in [2.75, 3.05) is 18.0 Å². The van der Waals surface area contributed by atoms with Crippen molar-refractivity contribution in [2.45, 2.75) is 19.3 Å². The van der Waals surface area contributed by atoms with Crippen LogP contribution in [0.5, 0.6) is 0 Å². The zero-order valence-corrected chi connectivity index (χ0v) is 11.7. The lowest BCUT2D eigenvalue weighted by Crippen LogP contribution is -2.20. The zero-order chi connectivity index (χ0) is 14.2. The number of hydrogen-bond acceptors (Lipinski definition) is 6. The van der Waals surface area contributed by atoms with Crippen molar-refractivity contribution >= 4 is 17.0 Å². The Morgan fingerprint density at radius 2 is 2.10 bits per heavy atom. The molecule has 3 aromatic heterocycles. The summed E-state index contributed by atoms with van der Waals surface area (Å²) in [6.45, 7) is 3.86. The second kappa shape index (κ2) is 4.76. The summed E-state index contributed by atoms with van der Waals surface area (Å²) in [5, 5.41) is 7.34. The molecule has 4 rings (SSSR count). The van der Waals surface area contributed by atoms with Gasteiger partial charge in [0.25, 0.3) is 0 Å². The van der Waals surface area contributed by atoms with E-state index in [4.69, 9.17) is 0 Å². The first-order valence-electron chi connectivity index (χ1n) is 7.00. The topological polar surface area (TPSA) is 83.5 Å². The first-order valence-corrected chi connectivity index (χ1v) is 7.00. The van der Waals surface area contributed by atoms with E-state index in [1.165, 1.54) is 0 Å². The van der Waals surface area contributed by atoms with Gasteiger partial charge in [-0.2, -0.15) is 5.10 Å². The highest BCUT2D eigenvalue weighted by molar-refractivity contribution is 5.73. The van der Waals surface area contributed by atoms with Crippen LogP contribution < -0.4 is 4.90 Å². The fourth-order valence-corrected chi connectivity index (χ4v) is 2.87. The average molecular weight is 281 g/mol. The molecule has 3 aromatic rings. The zero-order valence-electron chi connectivity index (χ0n) is 11.7. The van der Waals surface area contributed by atoms with Gasteiger partial charge >= 0.3 is 0 Å². The number of aromatic nitrogens is 6. The van der Waals surface area contributed by atoms with Crippen LogP contribution in [0, 0.1) is 6.92 Å². The molecule has 106 valence electrons. The average Bonchev–Trinajstić information content (AvgIpc) is 3.14. The Morgan fingerprint density at radius 1 is 1.19 bits per heavy atom. The number of aryl methyl sites for hydroxylation is 1. The van der Waals surface area contributed by atoms with E-state index in [-0.39, 0.29) is 0 Å². The monoisotopic (exact) mass is 281 g/mol. The van der Waals surface area contributed by atoms with Gasteiger partial charge in [0.15, 0.2) is 5.65 Å². The molecule has 1 aliphatic heterocycles. The second-order valence-corrected chi connectivity index (χ2v) is 5.32. The molecular formula is C14H15N7. The van der Waals surface area contributed by atoms with Crippen LogP contribution in [0.2, 0.25) is 0 Å². The van der Waals surface area contributed by atoms with E-state index >= 15 is 0 Å². The minimum absolute atomic E-state index is 0.377. The lowest BCUT2D eigenvalue weighted by molar-refractivity contribution is 0.741. The van der Waals surface area contributed by atoms with Crippen LogP contribution in [-0.4, -0.2) is 43.2 Å².